The summed E-state index contributed by atoms with van der Waals surface area (Å²) in [6, 6.07) is 2.95. The molecule has 0 radical (unpaired) electrons. The molecular weight excluding hydrogens is 414 g/mol. The summed E-state index contributed by atoms with van der Waals surface area (Å²) in [5, 5.41) is 3.34. The van der Waals surface area contributed by atoms with Crippen molar-refractivity contribution in [1.29, 1.82) is 0 Å². The van der Waals surface area contributed by atoms with Crippen LogP contribution in [0.2, 0.25) is 0 Å². The summed E-state index contributed by atoms with van der Waals surface area (Å²) >= 11 is 5.09. The fraction of sp³-hybridized carbons (Fsp3) is 0.333. The largest absolute Gasteiger partial charge is 0.479 e. The van der Waals surface area contributed by atoms with Crippen LogP contribution < -0.4 is 20.9 Å². The van der Waals surface area contributed by atoms with Crippen LogP contribution >= 0.6 is 12.2 Å². The molecule has 1 aromatic heterocycles. The van der Waals surface area contributed by atoms with E-state index in [0.717, 1.165) is 25.7 Å². The highest BCUT2D eigenvalue weighted by Crippen LogP contribution is 2.27. The maximum atomic E-state index is 13.6. The maximum Gasteiger partial charge on any atom is 0.305 e. The van der Waals surface area contributed by atoms with Gasteiger partial charge in [-0.1, -0.05) is 12.8 Å². The maximum absolute atomic E-state index is 13.6. The van der Waals surface area contributed by atoms with Gasteiger partial charge in [0, 0.05) is 12.1 Å². The molecule has 1 saturated carbocycles. The molecule has 0 bridgehead atoms. The number of carbonyl (C=O) groups is 1. The first-order valence-electron chi connectivity index (χ1n) is 8.76. The Morgan fingerprint density at radius 3 is 2.41 bits per heavy atom. The molecule has 1 aliphatic carbocycles. The molecule has 1 aliphatic rings. The molecule has 29 heavy (non-hydrogen) atoms. The molecule has 11 heteroatoms. The summed E-state index contributed by atoms with van der Waals surface area (Å²) in [7, 11) is 0. The molecule has 3 N–H and O–H groups in total. The summed E-state index contributed by atoms with van der Waals surface area (Å²) < 4.78 is 63.5. The van der Waals surface area contributed by atoms with Crippen molar-refractivity contribution >= 4 is 23.2 Å². The van der Waals surface area contributed by atoms with Gasteiger partial charge in [0.2, 0.25) is 11.6 Å². The predicted molar refractivity (Wildman–Crippen MR) is 97.9 cm³/mol. The summed E-state index contributed by atoms with van der Waals surface area (Å²) in [6.45, 7) is -0.556. The van der Waals surface area contributed by atoms with Gasteiger partial charge in [-0.15, -0.1) is 0 Å². The van der Waals surface area contributed by atoms with Crippen LogP contribution in [0, 0.1) is 23.3 Å². The third kappa shape index (κ3) is 5.17. The summed E-state index contributed by atoms with van der Waals surface area (Å²) in [5.41, 5.74) is 4.90. The second kappa shape index (κ2) is 9.12. The lowest BCUT2D eigenvalue weighted by molar-refractivity contribution is 0.0911. The number of benzene rings is 1. The number of nitrogens with one attached hydrogen (secondary N) is 3. The normalized spacial score (nSPS) is 13.9. The molecule has 1 amide bonds. The fourth-order valence-electron chi connectivity index (χ4n) is 2.87. The Morgan fingerprint density at radius 2 is 1.76 bits per heavy atom. The smallest absolute Gasteiger partial charge is 0.305 e. The Labute approximate surface area is 168 Å². The monoisotopic (exact) mass is 431 g/mol. The van der Waals surface area contributed by atoms with Crippen LogP contribution in [0.25, 0.3) is 0 Å². The predicted octanol–water partition coefficient (Wildman–Crippen LogP) is 3.47. The molecule has 0 aliphatic heterocycles. The lowest BCUT2D eigenvalue weighted by Gasteiger charge is -2.15. The minimum atomic E-state index is -1.67. The van der Waals surface area contributed by atoms with E-state index in [4.69, 9.17) is 21.4 Å². The van der Waals surface area contributed by atoms with Crippen molar-refractivity contribution in [3.05, 3.63) is 53.0 Å². The lowest BCUT2D eigenvalue weighted by Crippen LogP contribution is -2.49. The molecule has 3 rings (SSSR count). The second-order valence-corrected chi connectivity index (χ2v) is 6.79. The molecule has 1 heterocycles. The molecule has 0 spiro atoms. The van der Waals surface area contributed by atoms with E-state index in [1.165, 1.54) is 12.1 Å². The standard InChI is InChI=1S/C18H17F4N3O3S/c19-11-7-12(20)15(22)16(14(11)21)27-8-10-5-6-13(28-10)17(26)24-25-18(29)23-9-3-1-2-4-9/h5-7,9H,1-4,8H2,(H,24,26)(H2,23,25,29). The second-order valence-electron chi connectivity index (χ2n) is 6.39. The van der Waals surface area contributed by atoms with Crippen molar-refractivity contribution in [2.45, 2.75) is 38.3 Å². The summed E-state index contributed by atoms with van der Waals surface area (Å²) in [6.07, 6.45) is 4.27. The van der Waals surface area contributed by atoms with Gasteiger partial charge in [0.25, 0.3) is 0 Å². The third-order valence-electron chi connectivity index (χ3n) is 4.30. The number of carbonyl (C=O) groups excluding carboxylic acids is 1. The molecule has 6 nitrogen and oxygen atoms in total. The first kappa shape index (κ1) is 20.9. The van der Waals surface area contributed by atoms with E-state index in [-0.39, 0.29) is 28.7 Å². The Balaban J connectivity index is 1.52. The van der Waals surface area contributed by atoms with Crippen molar-refractivity contribution in [1.82, 2.24) is 16.2 Å². The van der Waals surface area contributed by atoms with E-state index in [1.807, 2.05) is 0 Å². The van der Waals surface area contributed by atoms with Gasteiger partial charge in [0.1, 0.15) is 12.4 Å². The van der Waals surface area contributed by atoms with Gasteiger partial charge in [-0.2, -0.15) is 8.78 Å². The van der Waals surface area contributed by atoms with Crippen molar-refractivity contribution in [3.63, 3.8) is 0 Å². The zero-order valence-corrected chi connectivity index (χ0v) is 15.8. The Kier molecular flexibility index (Phi) is 6.57. The van der Waals surface area contributed by atoms with Gasteiger partial charge in [0.15, 0.2) is 28.3 Å². The highest BCUT2D eigenvalue weighted by Gasteiger charge is 2.21. The first-order valence-corrected chi connectivity index (χ1v) is 9.17. The molecule has 0 unspecified atom stereocenters. The van der Waals surface area contributed by atoms with Crippen molar-refractivity contribution < 1.29 is 31.5 Å². The Hall–Kier alpha value is -2.82. The lowest BCUT2D eigenvalue weighted by atomic mass is 10.3. The number of rotatable bonds is 5. The molecule has 0 saturated heterocycles. The number of halogens is 4. The Morgan fingerprint density at radius 1 is 1.10 bits per heavy atom. The minimum Gasteiger partial charge on any atom is -0.479 e. The van der Waals surface area contributed by atoms with Gasteiger partial charge in [-0.05, 0) is 37.2 Å². The highest BCUT2D eigenvalue weighted by atomic mass is 32.1. The Bertz CT molecular complexity index is 890. The zero-order chi connectivity index (χ0) is 21.0. The van der Waals surface area contributed by atoms with Crippen LogP contribution in [0.1, 0.15) is 42.0 Å². The highest BCUT2D eigenvalue weighted by molar-refractivity contribution is 7.80. The first-order chi connectivity index (χ1) is 13.8. The van der Waals surface area contributed by atoms with Gasteiger partial charge in [-0.3, -0.25) is 15.6 Å². The number of furan rings is 1. The number of thiocarbonyl (C=S) groups is 1. The number of amides is 1. The molecule has 1 fully saturated rings. The zero-order valence-electron chi connectivity index (χ0n) is 15.0. The van der Waals surface area contributed by atoms with Crippen LogP contribution in [0.4, 0.5) is 17.6 Å². The van der Waals surface area contributed by atoms with Crippen LogP contribution in [-0.2, 0) is 6.61 Å². The van der Waals surface area contributed by atoms with Crippen molar-refractivity contribution in [2.75, 3.05) is 0 Å². The summed E-state index contributed by atoms with van der Waals surface area (Å²) in [5.74, 6) is -8.51. The van der Waals surface area contributed by atoms with Crippen LogP contribution in [-0.4, -0.2) is 17.1 Å². The SMILES string of the molecule is O=C(NNC(=S)NC1CCCC1)c1ccc(COc2c(F)c(F)cc(F)c2F)o1. The van der Waals surface area contributed by atoms with E-state index >= 15 is 0 Å². The number of hydrogen-bond donors (Lipinski definition) is 3. The van der Waals surface area contributed by atoms with Gasteiger partial charge >= 0.3 is 5.91 Å². The van der Waals surface area contributed by atoms with E-state index in [9.17, 15) is 22.4 Å². The van der Waals surface area contributed by atoms with Crippen molar-refractivity contribution in [2.24, 2.45) is 0 Å². The van der Waals surface area contributed by atoms with E-state index in [0.29, 0.717) is 0 Å². The van der Waals surface area contributed by atoms with Crippen LogP contribution in [0.15, 0.2) is 22.6 Å². The molecule has 1 aromatic carbocycles. The average Bonchev–Trinajstić information content (AvgIpc) is 3.36. The summed E-state index contributed by atoms with van der Waals surface area (Å²) in [4.78, 5) is 12.1. The van der Waals surface area contributed by atoms with Crippen LogP contribution in [0.3, 0.4) is 0 Å². The third-order valence-corrected chi connectivity index (χ3v) is 4.52. The number of ether oxygens (including phenoxy) is 1. The number of hydrazine groups is 1. The molecule has 2 aromatic rings. The number of hydrogen-bond acceptors (Lipinski definition) is 4. The fourth-order valence-corrected chi connectivity index (χ4v) is 3.08. The van der Waals surface area contributed by atoms with E-state index in [1.54, 1.807) is 0 Å². The van der Waals surface area contributed by atoms with E-state index in [2.05, 4.69) is 16.2 Å². The van der Waals surface area contributed by atoms with E-state index < -0.39 is 41.5 Å². The molecule has 156 valence electrons. The van der Waals surface area contributed by atoms with Gasteiger partial charge in [-0.25, -0.2) is 8.78 Å². The molecular formula is C18H17F4N3O3S. The topological polar surface area (TPSA) is 75.5 Å². The quantitative estimate of drug-likeness (QED) is 0.291. The van der Waals surface area contributed by atoms with Crippen molar-refractivity contribution in [3.8, 4) is 5.75 Å². The van der Waals surface area contributed by atoms with Crippen LogP contribution in [0.5, 0.6) is 5.75 Å². The minimum absolute atomic E-state index is 0.00489. The average molecular weight is 431 g/mol. The van der Waals surface area contributed by atoms with Gasteiger partial charge < -0.3 is 14.5 Å². The van der Waals surface area contributed by atoms with Gasteiger partial charge in [0.05, 0.1) is 0 Å². The molecule has 0 atom stereocenters.